The van der Waals surface area contributed by atoms with Gasteiger partial charge in [0.25, 0.3) is 0 Å². The molecule has 4 heteroatoms. The van der Waals surface area contributed by atoms with Gasteiger partial charge in [-0.25, -0.2) is 0 Å². The Morgan fingerprint density at radius 3 is 2.22 bits per heavy atom. The van der Waals surface area contributed by atoms with Gasteiger partial charge in [-0.15, -0.1) is 0 Å². The van der Waals surface area contributed by atoms with E-state index in [0.717, 1.165) is 0 Å². The minimum Gasteiger partial charge on any atom is -0.416 e. The Hall–Kier alpha value is -0.163. The van der Waals surface area contributed by atoms with Crippen LogP contribution >= 0.6 is 0 Å². The van der Waals surface area contributed by atoms with Crippen LogP contribution in [0.25, 0.3) is 0 Å². The second-order valence-electron chi connectivity index (χ2n) is 7.03. The lowest BCUT2D eigenvalue weighted by Gasteiger charge is -2.38. The molecule has 104 valence electrons. The molecule has 18 heavy (non-hydrogen) atoms. The van der Waals surface area contributed by atoms with E-state index < -0.39 is 8.32 Å². The van der Waals surface area contributed by atoms with Gasteiger partial charge >= 0.3 is 0 Å². The molecule has 2 bridgehead atoms. The van der Waals surface area contributed by atoms with E-state index in [0.29, 0.717) is 12.5 Å². The highest BCUT2D eigenvalue weighted by Crippen LogP contribution is 2.41. The topological polar surface area (TPSA) is 38.7 Å². The van der Waals surface area contributed by atoms with Crippen LogP contribution in [0.3, 0.4) is 0 Å². The molecule has 2 heterocycles. The molecule has 0 aliphatic carbocycles. The number of ether oxygens (including phenoxy) is 1. The van der Waals surface area contributed by atoms with Crippen molar-refractivity contribution in [1.29, 1.82) is 0 Å². The zero-order chi connectivity index (χ0) is 13.6. The number of aliphatic hydroxyl groups excluding tert-OH is 1. The highest BCUT2D eigenvalue weighted by Gasteiger charge is 2.47. The monoisotopic (exact) mass is 270 g/mol. The van der Waals surface area contributed by atoms with E-state index in [1.165, 1.54) is 0 Å². The van der Waals surface area contributed by atoms with Gasteiger partial charge in [-0.3, -0.25) is 0 Å². The molecule has 1 fully saturated rings. The van der Waals surface area contributed by atoms with E-state index in [9.17, 15) is 5.11 Å². The maximum atomic E-state index is 9.49. The standard InChI is InChI=1S/C14H26O3Si/c1-14(2,3)18(4,5)16-9-11-10(8-15)12-6-7-13(11)17-12/h6-7,10-13,15H,8-9H2,1-5H3/t10-,11+,12-,13+/m0/s1. The Morgan fingerprint density at radius 1 is 1.17 bits per heavy atom. The molecule has 0 aromatic carbocycles. The van der Waals surface area contributed by atoms with Crippen LogP contribution in [0.15, 0.2) is 12.2 Å². The zero-order valence-corrected chi connectivity index (χ0v) is 13.1. The van der Waals surface area contributed by atoms with E-state index in [1.54, 1.807) is 0 Å². The van der Waals surface area contributed by atoms with Crippen LogP contribution in [-0.4, -0.2) is 38.8 Å². The molecular formula is C14H26O3Si. The minimum absolute atomic E-state index is 0.105. The molecule has 4 atom stereocenters. The quantitative estimate of drug-likeness (QED) is 0.630. The summed E-state index contributed by atoms with van der Waals surface area (Å²) in [6.07, 6.45) is 4.45. The third kappa shape index (κ3) is 2.44. The molecule has 0 aromatic heterocycles. The third-order valence-corrected chi connectivity index (χ3v) is 9.35. The second kappa shape index (κ2) is 4.74. The van der Waals surface area contributed by atoms with E-state index in [4.69, 9.17) is 9.16 Å². The maximum absolute atomic E-state index is 9.49. The zero-order valence-electron chi connectivity index (χ0n) is 12.1. The smallest absolute Gasteiger partial charge is 0.191 e. The average Bonchev–Trinajstić information content (AvgIpc) is 2.84. The fourth-order valence-corrected chi connectivity index (χ4v) is 3.49. The van der Waals surface area contributed by atoms with Crippen molar-refractivity contribution in [3.05, 3.63) is 12.2 Å². The molecule has 1 N–H and O–H groups in total. The van der Waals surface area contributed by atoms with Crippen molar-refractivity contribution in [2.75, 3.05) is 13.2 Å². The summed E-state index contributed by atoms with van der Waals surface area (Å²) in [5, 5.41) is 9.72. The summed E-state index contributed by atoms with van der Waals surface area (Å²) >= 11 is 0. The van der Waals surface area contributed by atoms with Gasteiger partial charge in [-0.05, 0) is 18.1 Å². The van der Waals surface area contributed by atoms with Crippen LogP contribution in [0, 0.1) is 11.8 Å². The predicted molar refractivity (Wildman–Crippen MR) is 75.0 cm³/mol. The maximum Gasteiger partial charge on any atom is 0.191 e. The number of aliphatic hydroxyl groups is 1. The molecule has 3 nitrogen and oxygen atoms in total. The lowest BCUT2D eigenvalue weighted by atomic mass is 9.84. The van der Waals surface area contributed by atoms with Crippen molar-refractivity contribution in [1.82, 2.24) is 0 Å². The van der Waals surface area contributed by atoms with E-state index in [-0.39, 0.29) is 29.8 Å². The van der Waals surface area contributed by atoms with E-state index in [2.05, 4.69) is 46.0 Å². The average molecular weight is 270 g/mol. The summed E-state index contributed by atoms with van der Waals surface area (Å²) in [6.45, 7) is 12.2. The van der Waals surface area contributed by atoms with Gasteiger partial charge in [-0.2, -0.15) is 0 Å². The molecule has 0 aromatic rings. The number of hydrogen-bond donors (Lipinski definition) is 1. The summed E-state index contributed by atoms with van der Waals surface area (Å²) < 4.78 is 12.1. The van der Waals surface area contributed by atoms with Gasteiger partial charge in [0.15, 0.2) is 8.32 Å². The molecule has 0 unspecified atom stereocenters. The lowest BCUT2D eigenvalue weighted by molar-refractivity contribution is 0.0914. The molecular weight excluding hydrogens is 244 g/mol. The summed E-state index contributed by atoms with van der Waals surface area (Å²) in [5.74, 6) is 0.531. The van der Waals surface area contributed by atoms with E-state index >= 15 is 0 Å². The van der Waals surface area contributed by atoms with E-state index in [1.807, 2.05) is 0 Å². The first-order chi connectivity index (χ1) is 8.26. The number of hydrogen-bond acceptors (Lipinski definition) is 3. The van der Waals surface area contributed by atoms with Crippen molar-refractivity contribution in [3.63, 3.8) is 0 Å². The number of rotatable bonds is 4. The van der Waals surface area contributed by atoms with Crippen molar-refractivity contribution < 1.29 is 14.3 Å². The van der Waals surface area contributed by atoms with Gasteiger partial charge in [-0.1, -0.05) is 32.9 Å². The third-order valence-electron chi connectivity index (χ3n) is 4.85. The fraction of sp³-hybridized carbons (Fsp3) is 0.857. The Labute approximate surface area is 111 Å². The first-order valence-electron chi connectivity index (χ1n) is 6.85. The van der Waals surface area contributed by atoms with Crippen LogP contribution in [0.1, 0.15) is 20.8 Å². The SMILES string of the molecule is CC(C)(C)[Si](C)(C)OC[C@@H]1[C@H](CO)[C@@H]2C=C[C@H]1O2. The molecule has 2 aliphatic rings. The van der Waals surface area contributed by atoms with Gasteiger partial charge in [0, 0.05) is 25.0 Å². The molecule has 2 aliphatic heterocycles. The first kappa shape index (κ1) is 14.3. The summed E-state index contributed by atoms with van der Waals surface area (Å²) in [4.78, 5) is 0. The van der Waals surface area contributed by atoms with Gasteiger partial charge in [0.2, 0.25) is 0 Å². The van der Waals surface area contributed by atoms with Gasteiger partial charge in [0.1, 0.15) is 0 Å². The number of fused-ring (bicyclic) bond motifs is 2. The molecule has 0 spiro atoms. The lowest BCUT2D eigenvalue weighted by Crippen LogP contribution is -2.43. The summed E-state index contributed by atoms with van der Waals surface area (Å²) in [6, 6.07) is 0. The first-order valence-corrected chi connectivity index (χ1v) is 9.76. The van der Waals surface area contributed by atoms with Gasteiger partial charge in [0.05, 0.1) is 12.2 Å². The molecule has 2 rings (SSSR count). The van der Waals surface area contributed by atoms with Crippen molar-refractivity contribution in [2.45, 2.75) is 51.1 Å². The summed E-state index contributed by atoms with van der Waals surface area (Å²) in [7, 11) is -1.70. The minimum atomic E-state index is -1.70. The van der Waals surface area contributed by atoms with Gasteiger partial charge < -0.3 is 14.3 Å². The predicted octanol–water partition coefficient (Wildman–Crippen LogP) is 2.57. The van der Waals surface area contributed by atoms with Crippen LogP contribution in [0.2, 0.25) is 18.1 Å². The van der Waals surface area contributed by atoms with Crippen LogP contribution in [0.4, 0.5) is 0 Å². The Balaban J connectivity index is 1.97. The van der Waals surface area contributed by atoms with Crippen LogP contribution in [0.5, 0.6) is 0 Å². The molecule has 0 radical (unpaired) electrons. The highest BCUT2D eigenvalue weighted by molar-refractivity contribution is 6.74. The van der Waals surface area contributed by atoms with Crippen LogP contribution in [-0.2, 0) is 9.16 Å². The molecule has 1 saturated heterocycles. The molecule has 0 saturated carbocycles. The Morgan fingerprint density at radius 2 is 1.72 bits per heavy atom. The fourth-order valence-electron chi connectivity index (χ4n) is 2.44. The Bertz CT molecular complexity index is 332. The van der Waals surface area contributed by atoms with Crippen molar-refractivity contribution in [2.24, 2.45) is 11.8 Å². The summed E-state index contributed by atoms with van der Waals surface area (Å²) in [5.41, 5.74) is 0. The van der Waals surface area contributed by atoms with Crippen LogP contribution < -0.4 is 0 Å². The highest BCUT2D eigenvalue weighted by atomic mass is 28.4. The molecule has 0 amide bonds. The van der Waals surface area contributed by atoms with Crippen molar-refractivity contribution >= 4 is 8.32 Å². The second-order valence-corrected chi connectivity index (χ2v) is 11.8. The Kier molecular flexibility index (Phi) is 3.76. The van der Waals surface area contributed by atoms with Crippen molar-refractivity contribution in [3.8, 4) is 0 Å². The normalized spacial score (nSPS) is 35.4. The largest absolute Gasteiger partial charge is 0.416 e.